The summed E-state index contributed by atoms with van der Waals surface area (Å²) >= 11 is 0. The van der Waals surface area contributed by atoms with Gasteiger partial charge in [0.15, 0.2) is 0 Å². The van der Waals surface area contributed by atoms with Crippen LogP contribution in [0, 0.1) is 0 Å². The van der Waals surface area contributed by atoms with Gasteiger partial charge in [0.05, 0.1) is 0 Å². The molecule has 2 heterocycles. The molecule has 0 radical (unpaired) electrons. The summed E-state index contributed by atoms with van der Waals surface area (Å²) in [6.07, 6.45) is 6.75. The molecule has 0 N–H and O–H groups in total. The number of para-hydroxylation sites is 1. The van der Waals surface area contributed by atoms with E-state index < -0.39 is 0 Å². The third kappa shape index (κ3) is 6.30. The fourth-order valence-electron chi connectivity index (χ4n) is 15.0. The molecule has 80 heavy (non-hydrogen) atoms. The molecule has 0 bridgehead atoms. The number of hydrogen-bond acceptors (Lipinski definition) is 2. The van der Waals surface area contributed by atoms with Crippen molar-refractivity contribution < 1.29 is 8.83 Å². The van der Waals surface area contributed by atoms with Crippen LogP contribution in [-0.4, -0.2) is 0 Å². The molecule has 2 nitrogen and oxygen atoms in total. The molecule has 0 fully saturated rings. The van der Waals surface area contributed by atoms with Gasteiger partial charge in [0.2, 0.25) is 0 Å². The largest absolute Gasteiger partial charge is 0.456 e. The Labute approximate surface area is 464 Å². The van der Waals surface area contributed by atoms with E-state index in [1.54, 1.807) is 0 Å². The van der Waals surface area contributed by atoms with E-state index in [1.807, 2.05) is 0 Å². The van der Waals surface area contributed by atoms with Crippen molar-refractivity contribution in [3.8, 4) is 78.3 Å². The molecular formula is C78H54O2. The minimum Gasteiger partial charge on any atom is -0.456 e. The molecule has 2 aromatic heterocycles. The van der Waals surface area contributed by atoms with Crippen LogP contribution in [0.5, 0.6) is 0 Å². The second kappa shape index (κ2) is 16.5. The van der Waals surface area contributed by atoms with E-state index in [0.29, 0.717) is 0 Å². The molecule has 14 aromatic rings. The lowest BCUT2D eigenvalue weighted by Gasteiger charge is -2.25. The Morgan fingerprint density at radius 2 is 0.800 bits per heavy atom. The summed E-state index contributed by atoms with van der Waals surface area (Å²) in [6, 6.07) is 81.4. The van der Waals surface area contributed by atoms with Crippen LogP contribution in [0.2, 0.25) is 0 Å². The maximum atomic E-state index is 7.08. The van der Waals surface area contributed by atoms with Gasteiger partial charge in [-0.2, -0.15) is 0 Å². The van der Waals surface area contributed by atoms with Crippen LogP contribution in [0.15, 0.2) is 233 Å². The number of hydrogen-bond donors (Lipinski definition) is 0. The zero-order chi connectivity index (χ0) is 53.2. The highest BCUT2D eigenvalue weighted by Gasteiger charge is 2.42. The Morgan fingerprint density at radius 3 is 1.45 bits per heavy atom. The molecule has 0 saturated heterocycles. The van der Waals surface area contributed by atoms with Gasteiger partial charge in [-0.15, -0.1) is 0 Å². The topological polar surface area (TPSA) is 26.3 Å². The Hall–Kier alpha value is -9.50. The standard InChI is InChI=1S/C78H54O2/c1-77(2)65-42-51(35-37-61(65)75-73(77)63-30-15-16-31-67(63)79-75)71-57-26-11-7-22-53(57)69(54-23-8-12-27-58(54)71)49-21-17-20-47(41-49)48-34-39-64-68(44-48)80-76-62-38-36-52(43-66(62)78(3,4)74(64)76)72-59-28-13-9-24-55(59)70(56-25-10-14-29-60(56)72)50-33-32-45-18-5-6-19-46(45)40-50/h5-11,13-26,28-44H,12,27H2,1-4H3. The zero-order valence-corrected chi connectivity index (χ0v) is 45.2. The van der Waals surface area contributed by atoms with Gasteiger partial charge in [0, 0.05) is 43.9 Å². The van der Waals surface area contributed by atoms with Gasteiger partial charge in [-0.05, 0) is 170 Å². The molecule has 0 atom stereocenters. The van der Waals surface area contributed by atoms with Crippen LogP contribution in [0.4, 0.5) is 0 Å². The molecule has 0 aliphatic heterocycles. The van der Waals surface area contributed by atoms with E-state index in [2.05, 4.69) is 258 Å². The van der Waals surface area contributed by atoms with Crippen molar-refractivity contribution in [2.45, 2.75) is 51.4 Å². The first-order valence-electron chi connectivity index (χ1n) is 28.4. The van der Waals surface area contributed by atoms with Gasteiger partial charge >= 0.3 is 0 Å². The Kier molecular flexibility index (Phi) is 9.40. The third-order valence-electron chi connectivity index (χ3n) is 18.6. The smallest absolute Gasteiger partial charge is 0.139 e. The zero-order valence-electron chi connectivity index (χ0n) is 45.2. The van der Waals surface area contributed by atoms with E-state index in [0.717, 1.165) is 41.1 Å². The van der Waals surface area contributed by atoms with Crippen molar-refractivity contribution in [3.63, 3.8) is 0 Å². The fraction of sp³-hybridized carbons (Fsp3) is 0.103. The second-order valence-corrected chi connectivity index (χ2v) is 23.7. The number of rotatable bonds is 5. The Bertz CT molecular complexity index is 5010. The average Bonchev–Trinajstić information content (AvgIpc) is 4.32. The second-order valence-electron chi connectivity index (χ2n) is 23.7. The fourth-order valence-corrected chi connectivity index (χ4v) is 15.0. The van der Waals surface area contributed by atoms with Crippen molar-refractivity contribution in [2.24, 2.45) is 0 Å². The van der Waals surface area contributed by atoms with Gasteiger partial charge in [0.1, 0.15) is 22.7 Å². The predicted octanol–water partition coefficient (Wildman–Crippen LogP) is 21.7. The summed E-state index contributed by atoms with van der Waals surface area (Å²) in [5, 5.41) is 12.5. The molecule has 3 aliphatic carbocycles. The summed E-state index contributed by atoms with van der Waals surface area (Å²) in [5.74, 6) is 2.00. The summed E-state index contributed by atoms with van der Waals surface area (Å²) in [6.45, 7) is 9.47. The number of fused-ring (bicyclic) bond motifs is 15. The molecule has 2 heteroatoms. The Balaban J connectivity index is 0.750. The number of furan rings is 2. The van der Waals surface area contributed by atoms with E-state index in [9.17, 15) is 0 Å². The van der Waals surface area contributed by atoms with E-state index in [1.165, 1.54) is 148 Å². The lowest BCUT2D eigenvalue weighted by atomic mass is 9.77. The summed E-state index contributed by atoms with van der Waals surface area (Å²) in [5.41, 5.74) is 24.1. The van der Waals surface area contributed by atoms with E-state index in [-0.39, 0.29) is 10.8 Å². The SMILES string of the molecule is CC1(C)c2cc(-c3c4c(c(-c5cccc(-c6ccc7c8c(oc7c6)-c6ccc(-c7c9ccccc9c(-c9ccc%10ccccc%10c9)c9ccccc79)cc6C8(C)C)c5)c5ccccc35)C=CCC4)ccc2-c2oc3ccccc3c21. The van der Waals surface area contributed by atoms with Crippen LogP contribution in [-0.2, 0) is 17.3 Å². The highest BCUT2D eigenvalue weighted by molar-refractivity contribution is 6.22. The van der Waals surface area contributed by atoms with Crippen LogP contribution >= 0.6 is 0 Å². The van der Waals surface area contributed by atoms with E-state index >= 15 is 0 Å². The van der Waals surface area contributed by atoms with Gasteiger partial charge in [-0.1, -0.05) is 222 Å². The highest BCUT2D eigenvalue weighted by atomic mass is 16.3. The quantitative estimate of drug-likeness (QED) is 0.161. The number of allylic oxidation sites excluding steroid dienone is 1. The van der Waals surface area contributed by atoms with Crippen molar-refractivity contribution >= 4 is 71.1 Å². The lowest BCUT2D eigenvalue weighted by molar-refractivity contribution is 0.619. The highest BCUT2D eigenvalue weighted by Crippen LogP contribution is 2.57. The maximum absolute atomic E-state index is 7.08. The molecular weight excluding hydrogens is 969 g/mol. The first-order valence-corrected chi connectivity index (χ1v) is 28.4. The molecule has 3 aliphatic rings. The van der Waals surface area contributed by atoms with Crippen molar-refractivity contribution in [3.05, 3.63) is 258 Å². The molecule has 12 aromatic carbocycles. The van der Waals surface area contributed by atoms with Crippen molar-refractivity contribution in [1.82, 2.24) is 0 Å². The molecule has 0 unspecified atom stereocenters. The van der Waals surface area contributed by atoms with Gasteiger partial charge in [-0.25, -0.2) is 0 Å². The molecule has 17 rings (SSSR count). The molecule has 0 amide bonds. The monoisotopic (exact) mass is 1020 g/mol. The van der Waals surface area contributed by atoms with Crippen molar-refractivity contribution in [2.75, 3.05) is 0 Å². The summed E-state index contributed by atoms with van der Waals surface area (Å²) < 4.78 is 13.7. The van der Waals surface area contributed by atoms with Crippen LogP contribution in [0.3, 0.4) is 0 Å². The number of benzene rings is 12. The normalized spacial score (nSPS) is 14.6. The predicted molar refractivity (Wildman–Crippen MR) is 336 cm³/mol. The van der Waals surface area contributed by atoms with Gasteiger partial charge in [0.25, 0.3) is 0 Å². The minimum atomic E-state index is -0.294. The molecule has 378 valence electrons. The first kappa shape index (κ1) is 45.5. The summed E-state index contributed by atoms with van der Waals surface area (Å²) in [4.78, 5) is 0. The Morgan fingerprint density at radius 1 is 0.338 bits per heavy atom. The van der Waals surface area contributed by atoms with Crippen LogP contribution in [0.25, 0.3) is 149 Å². The molecule has 0 saturated carbocycles. The lowest BCUT2D eigenvalue weighted by Crippen LogP contribution is -2.15. The van der Waals surface area contributed by atoms with Crippen molar-refractivity contribution in [1.29, 1.82) is 0 Å². The van der Waals surface area contributed by atoms with E-state index in [4.69, 9.17) is 8.83 Å². The first-order chi connectivity index (χ1) is 39.2. The van der Waals surface area contributed by atoms with Gasteiger partial charge in [-0.3, -0.25) is 0 Å². The average molecular weight is 1020 g/mol. The van der Waals surface area contributed by atoms with Crippen LogP contribution in [0.1, 0.15) is 67.5 Å². The molecule has 0 spiro atoms. The summed E-state index contributed by atoms with van der Waals surface area (Å²) in [7, 11) is 0. The van der Waals surface area contributed by atoms with Crippen LogP contribution < -0.4 is 0 Å². The minimum absolute atomic E-state index is 0.201. The maximum Gasteiger partial charge on any atom is 0.139 e. The third-order valence-corrected chi connectivity index (χ3v) is 18.6. The van der Waals surface area contributed by atoms with Gasteiger partial charge < -0.3 is 8.83 Å².